The first-order valence-electron chi connectivity index (χ1n) is 6.10. The number of halogens is 4. The van der Waals surface area contributed by atoms with Crippen LogP contribution in [0.4, 0.5) is 18.9 Å². The number of alkyl halides is 3. The van der Waals surface area contributed by atoms with Crippen molar-refractivity contribution in [1.82, 2.24) is 0 Å². The molecule has 0 aliphatic heterocycles. The summed E-state index contributed by atoms with van der Waals surface area (Å²) in [6.07, 6.45) is -5.24. The Kier molecular flexibility index (Phi) is 5.24. The third kappa shape index (κ3) is 3.70. The van der Waals surface area contributed by atoms with Crippen LogP contribution in [0.3, 0.4) is 0 Å². The Morgan fingerprint density at radius 2 is 1.87 bits per heavy atom. The lowest BCUT2D eigenvalue weighted by Gasteiger charge is -2.25. The molecule has 0 spiro atoms. The van der Waals surface area contributed by atoms with E-state index in [0.717, 1.165) is 12.1 Å². The zero-order valence-corrected chi connectivity index (χ0v) is 13.5. The van der Waals surface area contributed by atoms with Gasteiger partial charge in [-0.15, -0.1) is 0 Å². The maximum absolute atomic E-state index is 12.6. The van der Waals surface area contributed by atoms with Crippen LogP contribution in [0.25, 0.3) is 0 Å². The Labute approximate surface area is 134 Å². The highest BCUT2D eigenvalue weighted by molar-refractivity contribution is 7.91. The van der Waals surface area contributed by atoms with Crippen molar-refractivity contribution in [3.8, 4) is 5.75 Å². The third-order valence-electron chi connectivity index (χ3n) is 3.04. The Morgan fingerprint density at radius 3 is 2.30 bits per heavy atom. The molecule has 6 nitrogen and oxygen atoms in total. The van der Waals surface area contributed by atoms with E-state index < -0.39 is 48.9 Å². The minimum absolute atomic E-state index is 0.242. The van der Waals surface area contributed by atoms with Crippen LogP contribution in [-0.2, 0) is 14.6 Å². The minimum Gasteiger partial charge on any atom is -0.505 e. The summed E-state index contributed by atoms with van der Waals surface area (Å²) in [6.45, 7) is 1.56. The van der Waals surface area contributed by atoms with E-state index in [9.17, 15) is 36.6 Å². The van der Waals surface area contributed by atoms with Crippen LogP contribution < -0.4 is 5.32 Å². The first kappa shape index (κ1) is 19.5. The van der Waals surface area contributed by atoms with Crippen LogP contribution in [0.1, 0.15) is 13.8 Å². The topological polar surface area (TPSA) is 104 Å². The number of hydrogen-bond acceptors (Lipinski definition) is 5. The van der Waals surface area contributed by atoms with Gasteiger partial charge in [-0.2, -0.15) is 13.2 Å². The van der Waals surface area contributed by atoms with Gasteiger partial charge < -0.3 is 15.5 Å². The second kappa shape index (κ2) is 6.17. The molecule has 0 aromatic heterocycles. The molecule has 130 valence electrons. The highest BCUT2D eigenvalue weighted by Crippen LogP contribution is 2.38. The Balaban J connectivity index is 3.24. The predicted molar refractivity (Wildman–Crippen MR) is 76.2 cm³/mol. The summed E-state index contributed by atoms with van der Waals surface area (Å²) in [5.74, 6) is -3.08. The van der Waals surface area contributed by atoms with Crippen LogP contribution in [0.5, 0.6) is 5.75 Å². The molecule has 1 atom stereocenters. The van der Waals surface area contributed by atoms with Gasteiger partial charge >= 0.3 is 6.18 Å². The van der Waals surface area contributed by atoms with E-state index in [-0.39, 0.29) is 12.7 Å². The number of sulfone groups is 1. The number of aromatic hydroxyl groups is 1. The third-order valence-corrected chi connectivity index (χ3v) is 5.18. The predicted octanol–water partition coefficient (Wildman–Crippen LogP) is 2.09. The van der Waals surface area contributed by atoms with Crippen molar-refractivity contribution in [3.63, 3.8) is 0 Å². The number of amides is 1. The normalized spacial score (nSPS) is 15.1. The number of rotatable bonds is 4. The average molecular weight is 376 g/mol. The standard InChI is InChI=1S/C12H13ClF3NO5S/c1-3-23(21,22)7-5-4-6(8(13)9(7)18)17-10(19)11(2,20)12(14,15)16/h4-5,18,20H,3H2,1-2H3,(H,17,19)/t11-/m1/s1. The molecule has 11 heteroatoms. The summed E-state index contributed by atoms with van der Waals surface area (Å²) in [5.41, 5.74) is -4.17. The molecule has 0 fully saturated rings. The smallest absolute Gasteiger partial charge is 0.426 e. The van der Waals surface area contributed by atoms with E-state index in [0.29, 0.717) is 0 Å². The minimum atomic E-state index is -5.24. The van der Waals surface area contributed by atoms with Crippen molar-refractivity contribution >= 4 is 33.0 Å². The van der Waals surface area contributed by atoms with Crippen LogP contribution in [0, 0.1) is 0 Å². The largest absolute Gasteiger partial charge is 0.505 e. The first-order chi connectivity index (χ1) is 10.3. The Hall–Kier alpha value is -1.52. The fraction of sp³-hybridized carbons (Fsp3) is 0.417. The Morgan fingerprint density at radius 1 is 1.35 bits per heavy atom. The molecular formula is C12H13ClF3NO5S. The summed E-state index contributed by atoms with van der Waals surface area (Å²) in [4.78, 5) is 11.0. The number of hydrogen-bond donors (Lipinski definition) is 3. The molecule has 23 heavy (non-hydrogen) atoms. The molecule has 0 saturated heterocycles. The lowest BCUT2D eigenvalue weighted by molar-refractivity contribution is -0.242. The summed E-state index contributed by atoms with van der Waals surface area (Å²) in [5, 5.41) is 20.0. The fourth-order valence-electron chi connectivity index (χ4n) is 1.42. The zero-order valence-electron chi connectivity index (χ0n) is 11.9. The van der Waals surface area contributed by atoms with Gasteiger partial charge in [0.05, 0.1) is 11.4 Å². The fourth-order valence-corrected chi connectivity index (χ4v) is 2.67. The maximum atomic E-state index is 12.6. The second-order valence-corrected chi connectivity index (χ2v) is 7.33. The molecule has 0 aliphatic rings. The molecule has 1 amide bonds. The molecule has 0 aliphatic carbocycles. The SMILES string of the molecule is CCS(=O)(=O)c1ccc(NC(=O)[C@@](C)(O)C(F)(F)F)c(Cl)c1O. The van der Waals surface area contributed by atoms with Gasteiger partial charge in [-0.3, -0.25) is 4.79 Å². The van der Waals surface area contributed by atoms with E-state index in [1.807, 2.05) is 0 Å². The highest BCUT2D eigenvalue weighted by atomic mass is 35.5. The van der Waals surface area contributed by atoms with Crippen molar-refractivity contribution < 1.29 is 36.6 Å². The monoisotopic (exact) mass is 375 g/mol. The van der Waals surface area contributed by atoms with Crippen LogP contribution >= 0.6 is 11.6 Å². The van der Waals surface area contributed by atoms with Gasteiger partial charge in [-0.05, 0) is 19.1 Å². The quantitative estimate of drug-likeness (QED) is 0.747. The van der Waals surface area contributed by atoms with Gasteiger partial charge in [0.2, 0.25) is 5.60 Å². The number of carbonyl (C=O) groups excluding carboxylic acids is 1. The molecule has 1 aromatic carbocycles. The molecule has 0 bridgehead atoms. The lowest BCUT2D eigenvalue weighted by Crippen LogP contribution is -2.52. The number of phenolic OH excluding ortho intramolecular Hbond substituents is 1. The number of carbonyl (C=O) groups is 1. The van der Waals surface area contributed by atoms with Crippen LogP contribution in [-0.4, -0.2) is 42.1 Å². The van der Waals surface area contributed by atoms with E-state index in [1.165, 1.54) is 6.92 Å². The zero-order chi connectivity index (χ0) is 18.2. The maximum Gasteiger partial charge on any atom is 0.426 e. The molecule has 3 N–H and O–H groups in total. The molecule has 1 rings (SSSR count). The number of phenols is 1. The molecular weight excluding hydrogens is 363 g/mol. The molecule has 0 saturated carbocycles. The van der Waals surface area contributed by atoms with Gasteiger partial charge in [0.15, 0.2) is 15.6 Å². The van der Waals surface area contributed by atoms with Crippen molar-refractivity contribution in [3.05, 3.63) is 17.2 Å². The van der Waals surface area contributed by atoms with E-state index >= 15 is 0 Å². The summed E-state index contributed by atoms with van der Waals surface area (Å²) in [7, 11) is -3.82. The molecule has 0 unspecified atom stereocenters. The average Bonchev–Trinajstić information content (AvgIpc) is 2.42. The van der Waals surface area contributed by atoms with E-state index in [1.54, 1.807) is 5.32 Å². The van der Waals surface area contributed by atoms with Crippen LogP contribution in [0.15, 0.2) is 17.0 Å². The van der Waals surface area contributed by atoms with Crippen molar-refractivity contribution in [2.45, 2.75) is 30.5 Å². The van der Waals surface area contributed by atoms with Crippen LogP contribution in [0.2, 0.25) is 5.02 Å². The molecule has 0 radical (unpaired) electrons. The number of benzene rings is 1. The number of aliphatic hydroxyl groups is 1. The second-order valence-electron chi connectivity index (χ2n) is 4.70. The van der Waals surface area contributed by atoms with Gasteiger partial charge in [0, 0.05) is 0 Å². The van der Waals surface area contributed by atoms with E-state index in [4.69, 9.17) is 11.6 Å². The molecule has 0 heterocycles. The van der Waals surface area contributed by atoms with Gasteiger partial charge in [0.1, 0.15) is 9.92 Å². The number of nitrogens with one attached hydrogen (secondary N) is 1. The van der Waals surface area contributed by atoms with Gasteiger partial charge in [0.25, 0.3) is 5.91 Å². The lowest BCUT2D eigenvalue weighted by atomic mass is 10.1. The Bertz CT molecular complexity index is 731. The summed E-state index contributed by atoms with van der Waals surface area (Å²) in [6, 6.07) is 1.80. The summed E-state index contributed by atoms with van der Waals surface area (Å²) >= 11 is 5.68. The van der Waals surface area contributed by atoms with Crippen molar-refractivity contribution in [1.29, 1.82) is 0 Å². The van der Waals surface area contributed by atoms with Crippen molar-refractivity contribution in [2.24, 2.45) is 0 Å². The summed E-state index contributed by atoms with van der Waals surface area (Å²) < 4.78 is 61.1. The molecule has 1 aromatic rings. The number of anilines is 1. The highest BCUT2D eigenvalue weighted by Gasteiger charge is 2.55. The van der Waals surface area contributed by atoms with Gasteiger partial charge in [-0.1, -0.05) is 18.5 Å². The van der Waals surface area contributed by atoms with Gasteiger partial charge in [-0.25, -0.2) is 8.42 Å². The van der Waals surface area contributed by atoms with Crippen molar-refractivity contribution in [2.75, 3.05) is 11.1 Å². The van der Waals surface area contributed by atoms with E-state index in [2.05, 4.69) is 0 Å². The first-order valence-corrected chi connectivity index (χ1v) is 8.13.